The summed E-state index contributed by atoms with van der Waals surface area (Å²) in [5.41, 5.74) is 3.35. The van der Waals surface area contributed by atoms with Gasteiger partial charge in [-0.05, 0) is 37.6 Å². The summed E-state index contributed by atoms with van der Waals surface area (Å²) >= 11 is 0. The summed E-state index contributed by atoms with van der Waals surface area (Å²) in [6, 6.07) is 17.7. The van der Waals surface area contributed by atoms with E-state index in [1.807, 2.05) is 30.3 Å². The molecule has 0 radical (unpaired) electrons. The average Bonchev–Trinajstić information content (AvgIpc) is 2.62. The maximum atomic E-state index is 14.2. The fourth-order valence-electron chi connectivity index (χ4n) is 2.79. The number of hydrogen-bond donors (Lipinski definition) is 0. The molecule has 3 nitrogen and oxygen atoms in total. The molecule has 0 spiro atoms. The van der Waals surface area contributed by atoms with Gasteiger partial charge >= 0.3 is 5.97 Å². The van der Waals surface area contributed by atoms with Crippen LogP contribution in [0.25, 0.3) is 22.4 Å². The minimum Gasteiger partial charge on any atom is -0.462 e. The third-order valence-corrected chi connectivity index (χ3v) is 3.91. The van der Waals surface area contributed by atoms with Crippen molar-refractivity contribution in [3.8, 4) is 22.4 Å². The van der Waals surface area contributed by atoms with Crippen LogP contribution in [0.4, 0.5) is 4.39 Å². The van der Waals surface area contributed by atoms with Gasteiger partial charge in [-0.3, -0.25) is 4.98 Å². The summed E-state index contributed by atoms with van der Waals surface area (Å²) < 4.78 is 19.4. The number of carbonyl (C=O) groups is 1. The van der Waals surface area contributed by atoms with Crippen LogP contribution < -0.4 is 0 Å². The van der Waals surface area contributed by atoms with Gasteiger partial charge in [-0.2, -0.15) is 0 Å². The molecule has 0 saturated carbocycles. The SMILES string of the molecule is CCOC(=O)c1c(-c2ccccc2)cc(-c2ccccc2F)nc1C. The van der Waals surface area contributed by atoms with E-state index in [1.54, 1.807) is 38.1 Å². The van der Waals surface area contributed by atoms with Gasteiger partial charge < -0.3 is 4.74 Å². The van der Waals surface area contributed by atoms with Crippen LogP contribution in [0.1, 0.15) is 23.0 Å². The zero-order valence-corrected chi connectivity index (χ0v) is 14.1. The monoisotopic (exact) mass is 335 g/mol. The molecule has 0 unspecified atom stereocenters. The van der Waals surface area contributed by atoms with Crippen LogP contribution in [-0.4, -0.2) is 17.6 Å². The lowest BCUT2D eigenvalue weighted by Gasteiger charge is -2.14. The second-order valence-electron chi connectivity index (χ2n) is 5.58. The lowest BCUT2D eigenvalue weighted by molar-refractivity contribution is 0.0526. The molecule has 3 aromatic rings. The Kier molecular flexibility index (Phi) is 4.89. The van der Waals surface area contributed by atoms with Gasteiger partial charge in [0.2, 0.25) is 0 Å². The molecule has 0 aliphatic heterocycles. The Morgan fingerprint density at radius 3 is 2.40 bits per heavy atom. The van der Waals surface area contributed by atoms with Gasteiger partial charge in [0.25, 0.3) is 0 Å². The summed E-state index contributed by atoms with van der Waals surface area (Å²) in [6.45, 7) is 3.78. The normalized spacial score (nSPS) is 10.5. The van der Waals surface area contributed by atoms with Crippen LogP contribution in [0.15, 0.2) is 60.7 Å². The number of hydrogen-bond acceptors (Lipinski definition) is 3. The number of halogens is 1. The van der Waals surface area contributed by atoms with E-state index in [0.29, 0.717) is 28.1 Å². The van der Waals surface area contributed by atoms with E-state index in [4.69, 9.17) is 4.74 Å². The third-order valence-electron chi connectivity index (χ3n) is 3.91. The van der Waals surface area contributed by atoms with Crippen molar-refractivity contribution in [2.45, 2.75) is 13.8 Å². The van der Waals surface area contributed by atoms with Crippen molar-refractivity contribution < 1.29 is 13.9 Å². The van der Waals surface area contributed by atoms with E-state index < -0.39 is 5.97 Å². The molecular weight excluding hydrogens is 317 g/mol. The number of aromatic nitrogens is 1. The number of nitrogens with zero attached hydrogens (tertiary/aromatic N) is 1. The molecule has 0 aliphatic carbocycles. The molecule has 0 bridgehead atoms. The van der Waals surface area contributed by atoms with Crippen LogP contribution in [0.5, 0.6) is 0 Å². The van der Waals surface area contributed by atoms with E-state index in [-0.39, 0.29) is 12.4 Å². The molecule has 0 aliphatic rings. The predicted molar refractivity (Wildman–Crippen MR) is 95.8 cm³/mol. The highest BCUT2D eigenvalue weighted by Crippen LogP contribution is 2.31. The van der Waals surface area contributed by atoms with Crippen molar-refractivity contribution in [3.05, 3.63) is 77.7 Å². The van der Waals surface area contributed by atoms with Gasteiger partial charge in [-0.15, -0.1) is 0 Å². The quantitative estimate of drug-likeness (QED) is 0.627. The van der Waals surface area contributed by atoms with Gasteiger partial charge in [-0.25, -0.2) is 9.18 Å². The molecule has 1 heterocycles. The lowest BCUT2D eigenvalue weighted by atomic mass is 9.96. The van der Waals surface area contributed by atoms with Crippen molar-refractivity contribution in [2.75, 3.05) is 6.61 Å². The van der Waals surface area contributed by atoms with Gasteiger partial charge in [-0.1, -0.05) is 42.5 Å². The Balaban J connectivity index is 2.25. The fraction of sp³-hybridized carbons (Fsp3) is 0.143. The number of rotatable bonds is 4. The van der Waals surface area contributed by atoms with Gasteiger partial charge in [0.1, 0.15) is 5.82 Å². The smallest absolute Gasteiger partial charge is 0.340 e. The first-order valence-corrected chi connectivity index (χ1v) is 8.11. The first-order chi connectivity index (χ1) is 12.1. The lowest BCUT2D eigenvalue weighted by Crippen LogP contribution is -2.10. The predicted octanol–water partition coefficient (Wildman–Crippen LogP) is 5.04. The first kappa shape index (κ1) is 16.8. The number of ether oxygens (including phenoxy) is 1. The molecule has 126 valence electrons. The van der Waals surface area contributed by atoms with Crippen molar-refractivity contribution >= 4 is 5.97 Å². The Morgan fingerprint density at radius 2 is 1.72 bits per heavy atom. The van der Waals surface area contributed by atoms with Crippen LogP contribution in [0.2, 0.25) is 0 Å². The zero-order valence-electron chi connectivity index (χ0n) is 14.1. The van der Waals surface area contributed by atoms with Crippen molar-refractivity contribution in [2.24, 2.45) is 0 Å². The van der Waals surface area contributed by atoms with E-state index in [1.165, 1.54) is 6.07 Å². The summed E-state index contributed by atoms with van der Waals surface area (Å²) in [5.74, 6) is -0.774. The first-order valence-electron chi connectivity index (χ1n) is 8.11. The molecule has 0 saturated heterocycles. The van der Waals surface area contributed by atoms with Crippen molar-refractivity contribution in [1.82, 2.24) is 4.98 Å². The van der Waals surface area contributed by atoms with Crippen LogP contribution in [-0.2, 0) is 4.74 Å². The molecule has 0 N–H and O–H groups in total. The Hall–Kier alpha value is -3.01. The molecule has 1 aromatic heterocycles. The summed E-state index contributed by atoms with van der Waals surface area (Å²) in [4.78, 5) is 16.9. The minimum absolute atomic E-state index is 0.279. The van der Waals surface area contributed by atoms with E-state index in [2.05, 4.69) is 4.98 Å². The van der Waals surface area contributed by atoms with Gasteiger partial charge in [0.15, 0.2) is 0 Å². The second-order valence-corrected chi connectivity index (χ2v) is 5.58. The van der Waals surface area contributed by atoms with Crippen LogP contribution in [0.3, 0.4) is 0 Å². The molecule has 0 atom stereocenters. The molecule has 0 fully saturated rings. The number of carbonyl (C=O) groups excluding carboxylic acids is 1. The molecule has 0 amide bonds. The van der Waals surface area contributed by atoms with E-state index >= 15 is 0 Å². The highest BCUT2D eigenvalue weighted by atomic mass is 19.1. The molecular formula is C21H18FNO2. The van der Waals surface area contributed by atoms with E-state index in [9.17, 15) is 9.18 Å². The summed E-state index contributed by atoms with van der Waals surface area (Å²) in [5, 5.41) is 0. The van der Waals surface area contributed by atoms with Crippen LogP contribution in [0, 0.1) is 12.7 Å². The van der Waals surface area contributed by atoms with Crippen LogP contribution >= 0.6 is 0 Å². The molecule has 4 heteroatoms. The summed E-state index contributed by atoms with van der Waals surface area (Å²) in [7, 11) is 0. The third kappa shape index (κ3) is 3.43. The largest absolute Gasteiger partial charge is 0.462 e. The highest BCUT2D eigenvalue weighted by Gasteiger charge is 2.20. The number of pyridine rings is 1. The maximum Gasteiger partial charge on any atom is 0.340 e. The average molecular weight is 335 g/mol. The number of aryl methyl sites for hydroxylation is 1. The topological polar surface area (TPSA) is 39.2 Å². The molecule has 25 heavy (non-hydrogen) atoms. The van der Waals surface area contributed by atoms with Gasteiger partial charge in [0, 0.05) is 11.1 Å². The van der Waals surface area contributed by atoms with E-state index in [0.717, 1.165) is 5.56 Å². The number of benzene rings is 2. The Morgan fingerprint density at radius 1 is 1.04 bits per heavy atom. The Labute approximate surface area is 146 Å². The molecule has 2 aromatic carbocycles. The second kappa shape index (κ2) is 7.26. The van der Waals surface area contributed by atoms with Crippen molar-refractivity contribution in [1.29, 1.82) is 0 Å². The maximum absolute atomic E-state index is 14.2. The summed E-state index contributed by atoms with van der Waals surface area (Å²) in [6.07, 6.45) is 0. The zero-order chi connectivity index (χ0) is 17.8. The minimum atomic E-state index is -0.425. The molecule has 3 rings (SSSR count). The van der Waals surface area contributed by atoms with Gasteiger partial charge in [0.05, 0.1) is 23.6 Å². The Bertz CT molecular complexity index is 907. The number of esters is 1. The standard InChI is InChI=1S/C21H18FNO2/c1-3-25-21(24)20-14(2)23-19(16-11-7-8-12-18(16)22)13-17(20)15-9-5-4-6-10-15/h4-13H,3H2,1-2H3. The highest BCUT2D eigenvalue weighted by molar-refractivity contribution is 5.99. The van der Waals surface area contributed by atoms with Crippen molar-refractivity contribution in [3.63, 3.8) is 0 Å². The fourth-order valence-corrected chi connectivity index (χ4v) is 2.79.